The molecule has 1 aromatic rings. The number of aliphatic hydroxyl groups excluding tert-OH is 2. The largest absolute Gasteiger partial charge is 0.489 e. The molecule has 1 unspecified atom stereocenters. The molecule has 1 aliphatic carbocycles. The Morgan fingerprint density at radius 1 is 1.08 bits per heavy atom. The summed E-state index contributed by atoms with van der Waals surface area (Å²) in [5.41, 5.74) is -0.932. The summed E-state index contributed by atoms with van der Waals surface area (Å²) in [6.45, 7) is 1.99. The first-order valence-corrected chi connectivity index (χ1v) is 16.2. The number of allylic oxidation sites excluding steroid dienone is 2. The number of halogens is 3. The van der Waals surface area contributed by atoms with Crippen LogP contribution in [-0.4, -0.2) is 90.5 Å². The molecule has 0 saturated heterocycles. The lowest BCUT2D eigenvalue weighted by molar-refractivity contribution is -0.758. The van der Waals surface area contributed by atoms with Crippen LogP contribution in [0.1, 0.15) is 57.9 Å². The van der Waals surface area contributed by atoms with Crippen molar-refractivity contribution in [1.82, 2.24) is 5.32 Å². The highest BCUT2D eigenvalue weighted by molar-refractivity contribution is 5.78. The fourth-order valence-electron chi connectivity index (χ4n) is 5.00. The fourth-order valence-corrected chi connectivity index (χ4v) is 5.00. The summed E-state index contributed by atoms with van der Waals surface area (Å²) in [6, 6.07) is 4.16. The van der Waals surface area contributed by atoms with Gasteiger partial charge in [-0.1, -0.05) is 24.3 Å². The van der Waals surface area contributed by atoms with Gasteiger partial charge in [0, 0.05) is 25.3 Å². The van der Waals surface area contributed by atoms with Crippen molar-refractivity contribution in [1.29, 1.82) is 0 Å². The molecule has 1 saturated carbocycles. The van der Waals surface area contributed by atoms with Crippen LogP contribution in [-0.2, 0) is 39.6 Å². The number of hydrogen-bond acceptors (Lipinski definition) is 12. The van der Waals surface area contributed by atoms with Gasteiger partial charge in [-0.15, -0.1) is 10.1 Å². The van der Waals surface area contributed by atoms with E-state index in [0.717, 1.165) is 12.1 Å². The number of rotatable bonds is 22. The van der Waals surface area contributed by atoms with E-state index < -0.39 is 65.5 Å². The first-order valence-electron chi connectivity index (χ1n) is 16.2. The molecule has 1 aliphatic rings. The van der Waals surface area contributed by atoms with E-state index in [-0.39, 0.29) is 63.5 Å². The maximum Gasteiger partial charge on any atom is 0.416 e. The molecule has 1 fully saturated rings. The summed E-state index contributed by atoms with van der Waals surface area (Å²) in [4.78, 5) is 50.4. The molecule has 2 rings (SSSR count). The quantitative estimate of drug-likeness (QED) is 0.0518. The number of nitrogens with one attached hydrogen (secondary N) is 1. The van der Waals surface area contributed by atoms with Crippen molar-refractivity contribution in [2.24, 2.45) is 11.8 Å². The van der Waals surface area contributed by atoms with E-state index in [2.05, 4.69) is 10.2 Å². The standard InChI is InChI=1S/C33H45F3N2O12/c1-22(2)49-31(42)11-6-4-3-5-10-26-27(29(40)19-28(26)39)13-12-25(20-47-24-9-7-8-23(18-24)33(34,35)36)50-32(43)14-15-37-30(41)21-46-16-17-48-38(44)45/h3,5,7-9,12-13,18,22,25-29,39-40H,4,6,10-11,14-17,19-21H2,1-2H3,(H,37,41)/b5-3-,13-12+/t25?,26-,27-,28+,29-/m1/s1. The molecule has 280 valence electrons. The SMILES string of the molecule is CC(C)OC(=O)CCC/C=C\C[C@@H]1[C@@H](/C=C/C(COc2cccc(C(F)(F)F)c2)OC(=O)CCNC(=O)COCCO[N+](=O)[O-])[C@H](O)C[C@@H]1O. The van der Waals surface area contributed by atoms with E-state index in [9.17, 15) is 47.9 Å². The van der Waals surface area contributed by atoms with E-state index in [4.69, 9.17) is 18.9 Å². The third-order valence-electron chi connectivity index (χ3n) is 7.32. The second-order valence-electron chi connectivity index (χ2n) is 11.7. The first kappa shape index (κ1) is 41.9. The highest BCUT2D eigenvalue weighted by Gasteiger charge is 2.39. The van der Waals surface area contributed by atoms with Crippen molar-refractivity contribution in [3.05, 3.63) is 64.2 Å². The smallest absolute Gasteiger partial charge is 0.416 e. The highest BCUT2D eigenvalue weighted by atomic mass is 19.4. The normalized spacial score (nSPS) is 19.8. The molecule has 0 bridgehead atoms. The predicted molar refractivity (Wildman–Crippen MR) is 170 cm³/mol. The Kier molecular flexibility index (Phi) is 18.3. The van der Waals surface area contributed by atoms with Gasteiger partial charge in [0.2, 0.25) is 5.91 Å². The van der Waals surface area contributed by atoms with Gasteiger partial charge < -0.3 is 39.3 Å². The Balaban J connectivity index is 2.01. The van der Waals surface area contributed by atoms with E-state index in [1.807, 2.05) is 12.2 Å². The van der Waals surface area contributed by atoms with E-state index in [1.165, 1.54) is 18.2 Å². The van der Waals surface area contributed by atoms with Crippen LogP contribution in [0, 0.1) is 22.0 Å². The number of aliphatic hydroxyl groups is 2. The molecule has 3 N–H and O–H groups in total. The zero-order valence-corrected chi connectivity index (χ0v) is 27.9. The lowest BCUT2D eigenvalue weighted by Gasteiger charge is -2.21. The lowest BCUT2D eigenvalue weighted by Crippen LogP contribution is -2.31. The highest BCUT2D eigenvalue weighted by Crippen LogP contribution is 2.36. The molecule has 5 atom stereocenters. The minimum absolute atomic E-state index is 0.103. The number of nitrogens with zero attached hydrogens (tertiary/aromatic N) is 1. The van der Waals surface area contributed by atoms with Crippen molar-refractivity contribution in [2.75, 3.05) is 33.0 Å². The van der Waals surface area contributed by atoms with Gasteiger partial charge in [0.1, 0.15) is 25.6 Å². The van der Waals surface area contributed by atoms with Gasteiger partial charge in [0.25, 0.3) is 5.09 Å². The monoisotopic (exact) mass is 718 g/mol. The minimum Gasteiger partial charge on any atom is -0.489 e. The summed E-state index contributed by atoms with van der Waals surface area (Å²) >= 11 is 0. The Labute approximate surface area is 287 Å². The number of benzene rings is 1. The summed E-state index contributed by atoms with van der Waals surface area (Å²) in [7, 11) is 0. The van der Waals surface area contributed by atoms with Gasteiger partial charge in [0.05, 0.1) is 36.9 Å². The molecule has 50 heavy (non-hydrogen) atoms. The van der Waals surface area contributed by atoms with E-state index >= 15 is 0 Å². The minimum atomic E-state index is -4.61. The molecular weight excluding hydrogens is 673 g/mol. The molecule has 0 heterocycles. The van der Waals surface area contributed by atoms with Crippen LogP contribution >= 0.6 is 0 Å². The van der Waals surface area contributed by atoms with Crippen molar-refractivity contribution < 1.29 is 66.6 Å². The van der Waals surface area contributed by atoms with E-state index in [1.54, 1.807) is 19.9 Å². The van der Waals surface area contributed by atoms with Crippen LogP contribution in [0.15, 0.2) is 48.6 Å². The zero-order valence-electron chi connectivity index (χ0n) is 27.9. The van der Waals surface area contributed by atoms with Crippen LogP contribution in [0.3, 0.4) is 0 Å². The maximum absolute atomic E-state index is 13.2. The van der Waals surface area contributed by atoms with Crippen LogP contribution in [0.25, 0.3) is 0 Å². The van der Waals surface area contributed by atoms with E-state index in [0.29, 0.717) is 19.3 Å². The van der Waals surface area contributed by atoms with Crippen molar-refractivity contribution in [3.63, 3.8) is 0 Å². The number of amides is 1. The Bertz CT molecular complexity index is 1290. The molecule has 17 heteroatoms. The third-order valence-corrected chi connectivity index (χ3v) is 7.32. The number of carbonyl (C=O) groups is 3. The average Bonchev–Trinajstić information content (AvgIpc) is 3.30. The van der Waals surface area contributed by atoms with Gasteiger partial charge in [-0.25, -0.2) is 0 Å². The number of esters is 2. The third kappa shape index (κ3) is 16.9. The fraction of sp³-hybridized carbons (Fsp3) is 0.606. The predicted octanol–water partition coefficient (Wildman–Crippen LogP) is 3.71. The number of unbranched alkanes of at least 4 members (excludes halogenated alkanes) is 1. The molecule has 14 nitrogen and oxygen atoms in total. The summed E-state index contributed by atoms with van der Waals surface area (Å²) < 4.78 is 60.6. The molecule has 0 aromatic heterocycles. The van der Waals surface area contributed by atoms with Crippen LogP contribution < -0.4 is 10.1 Å². The average molecular weight is 719 g/mol. The molecule has 1 aromatic carbocycles. The second kappa shape index (κ2) is 21.8. The van der Waals surface area contributed by atoms with Crippen LogP contribution in [0.2, 0.25) is 0 Å². The number of alkyl halides is 3. The molecule has 1 amide bonds. The number of carbonyl (C=O) groups excluding carboxylic acids is 3. The van der Waals surface area contributed by atoms with Gasteiger partial charge >= 0.3 is 18.1 Å². The Morgan fingerprint density at radius 3 is 2.52 bits per heavy atom. The van der Waals surface area contributed by atoms with Crippen LogP contribution in [0.4, 0.5) is 13.2 Å². The first-order chi connectivity index (χ1) is 23.6. The van der Waals surface area contributed by atoms with Gasteiger partial charge in [0.15, 0.2) is 6.10 Å². The molecule has 0 spiro atoms. The van der Waals surface area contributed by atoms with Crippen molar-refractivity contribution in [2.45, 2.75) is 83.0 Å². The summed E-state index contributed by atoms with van der Waals surface area (Å²) in [5, 5.41) is 32.8. The van der Waals surface area contributed by atoms with Gasteiger partial charge in [-0.05, 0) is 63.3 Å². The number of ether oxygens (including phenoxy) is 4. The molecular formula is C33H45F3N2O12. The summed E-state index contributed by atoms with van der Waals surface area (Å²) in [5.74, 6) is -2.74. The Morgan fingerprint density at radius 2 is 1.82 bits per heavy atom. The Hall–Kier alpha value is -4.22. The van der Waals surface area contributed by atoms with Gasteiger partial charge in [-0.3, -0.25) is 14.4 Å². The van der Waals surface area contributed by atoms with Crippen molar-refractivity contribution in [3.8, 4) is 5.75 Å². The number of hydrogen-bond donors (Lipinski definition) is 3. The molecule has 0 aliphatic heterocycles. The second-order valence-corrected chi connectivity index (χ2v) is 11.7. The maximum atomic E-state index is 13.2. The lowest BCUT2D eigenvalue weighted by atomic mass is 9.89. The van der Waals surface area contributed by atoms with Gasteiger partial charge in [-0.2, -0.15) is 13.2 Å². The van der Waals surface area contributed by atoms with Crippen molar-refractivity contribution >= 4 is 17.8 Å². The topological polar surface area (TPSA) is 193 Å². The van der Waals surface area contributed by atoms with Crippen LogP contribution in [0.5, 0.6) is 5.75 Å². The zero-order chi connectivity index (χ0) is 37.1. The summed E-state index contributed by atoms with van der Waals surface area (Å²) in [6.07, 6.45) is 0.756. The molecule has 0 radical (unpaired) electrons.